The Labute approximate surface area is 67.6 Å². The van der Waals surface area contributed by atoms with Crippen molar-refractivity contribution in [2.45, 2.75) is 26.2 Å². The maximum atomic E-state index is 5.05. The molecule has 0 aliphatic heterocycles. The average Bonchev–Trinajstić information content (AvgIpc) is 2.50. The normalized spacial score (nSPS) is 9.91. The van der Waals surface area contributed by atoms with Gasteiger partial charge in [0.25, 0.3) is 0 Å². The molecule has 0 fully saturated rings. The third kappa shape index (κ3) is 3.12. The van der Waals surface area contributed by atoms with Crippen molar-refractivity contribution in [1.29, 1.82) is 0 Å². The van der Waals surface area contributed by atoms with E-state index in [2.05, 4.69) is 12.2 Å². The first-order valence-corrected chi connectivity index (χ1v) is 4.14. The summed E-state index contributed by atoms with van der Waals surface area (Å²) in [5.41, 5.74) is 0. The lowest BCUT2D eigenvalue weighted by atomic mass is 10.2. The quantitative estimate of drug-likeness (QED) is 0.596. The highest BCUT2D eigenvalue weighted by molar-refractivity contribution is 5.19. The first kappa shape index (κ1) is 8.18. The molecule has 1 rings (SSSR count). The van der Waals surface area contributed by atoms with Gasteiger partial charge in [0.2, 0.25) is 5.88 Å². The van der Waals surface area contributed by atoms with E-state index in [-0.39, 0.29) is 0 Å². The molecule has 0 aromatic carbocycles. The van der Waals surface area contributed by atoms with Gasteiger partial charge in [-0.1, -0.05) is 19.8 Å². The Balaban J connectivity index is 2.04. The van der Waals surface area contributed by atoms with Crippen molar-refractivity contribution in [3.05, 3.63) is 18.4 Å². The zero-order valence-corrected chi connectivity index (χ0v) is 6.92. The van der Waals surface area contributed by atoms with Gasteiger partial charge in [-0.05, 0) is 12.5 Å². The molecule has 0 saturated heterocycles. The number of hydrogen-bond acceptors (Lipinski definition) is 1. The molecule has 0 aliphatic carbocycles. The van der Waals surface area contributed by atoms with E-state index >= 15 is 0 Å². The molecule has 1 heterocycles. The van der Waals surface area contributed by atoms with Crippen molar-refractivity contribution < 1.29 is 4.42 Å². The molecule has 2 nitrogen and oxygen atoms in total. The van der Waals surface area contributed by atoms with Gasteiger partial charge >= 0.3 is 0 Å². The van der Waals surface area contributed by atoms with Crippen LogP contribution in [0.15, 0.2) is 22.8 Å². The molecule has 0 unspecified atom stereocenters. The van der Waals surface area contributed by atoms with Crippen LogP contribution in [0.1, 0.15) is 26.2 Å². The largest absolute Gasteiger partial charge is 0.447 e. The molecule has 61 valence electrons. The van der Waals surface area contributed by atoms with Crippen LogP contribution in [0.3, 0.4) is 0 Å². The van der Waals surface area contributed by atoms with Crippen LogP contribution < -0.4 is 5.32 Å². The van der Waals surface area contributed by atoms with Gasteiger partial charge in [0.15, 0.2) is 0 Å². The Bertz CT molecular complexity index is 170. The minimum atomic E-state index is 0.751. The van der Waals surface area contributed by atoms with Crippen LogP contribution in [-0.2, 0) is 0 Å². The van der Waals surface area contributed by atoms with E-state index in [1.807, 2.05) is 12.1 Å². The second-order valence-corrected chi connectivity index (χ2v) is 2.54. The minimum absolute atomic E-state index is 0.751. The molecule has 2 heteroatoms. The van der Waals surface area contributed by atoms with Crippen LogP contribution in [0.2, 0.25) is 0 Å². The predicted octanol–water partition coefficient (Wildman–Crippen LogP) is 2.71. The zero-order valence-electron chi connectivity index (χ0n) is 6.92. The van der Waals surface area contributed by atoms with Gasteiger partial charge in [-0.3, -0.25) is 5.32 Å². The average molecular weight is 152 g/mol. The Morgan fingerprint density at radius 1 is 1.45 bits per heavy atom. The molecule has 1 aromatic heterocycles. The molecule has 1 radical (unpaired) electrons. The SMILES string of the molecule is CCCCC[N]c1ccco1. The second kappa shape index (κ2) is 4.83. The molecule has 0 bridgehead atoms. The van der Waals surface area contributed by atoms with E-state index in [1.165, 1.54) is 12.8 Å². The Kier molecular flexibility index (Phi) is 3.59. The Morgan fingerprint density at radius 3 is 3.00 bits per heavy atom. The summed E-state index contributed by atoms with van der Waals surface area (Å²) in [7, 11) is 0. The van der Waals surface area contributed by atoms with E-state index in [9.17, 15) is 0 Å². The van der Waals surface area contributed by atoms with Crippen molar-refractivity contribution >= 4 is 5.88 Å². The predicted molar refractivity (Wildman–Crippen MR) is 44.9 cm³/mol. The lowest BCUT2D eigenvalue weighted by Crippen LogP contribution is -1.97. The molecule has 1 aromatic rings. The van der Waals surface area contributed by atoms with Crippen LogP contribution in [0.4, 0.5) is 5.88 Å². The van der Waals surface area contributed by atoms with E-state index in [0.717, 1.165) is 18.8 Å². The summed E-state index contributed by atoms with van der Waals surface area (Å²) in [5.74, 6) is 0.751. The summed E-state index contributed by atoms with van der Waals surface area (Å²) in [6.45, 7) is 3.08. The summed E-state index contributed by atoms with van der Waals surface area (Å²) >= 11 is 0. The van der Waals surface area contributed by atoms with Crippen molar-refractivity contribution in [2.24, 2.45) is 0 Å². The maximum absolute atomic E-state index is 5.05. The fraction of sp³-hybridized carbons (Fsp3) is 0.556. The van der Waals surface area contributed by atoms with Crippen molar-refractivity contribution in [2.75, 3.05) is 6.54 Å². The maximum Gasteiger partial charge on any atom is 0.213 e. The van der Waals surface area contributed by atoms with Gasteiger partial charge in [0, 0.05) is 12.6 Å². The molecule has 0 aliphatic rings. The summed E-state index contributed by atoms with van der Waals surface area (Å²) in [4.78, 5) is 0. The number of rotatable bonds is 5. The molecule has 0 amide bonds. The first-order valence-electron chi connectivity index (χ1n) is 4.14. The van der Waals surface area contributed by atoms with E-state index in [0.29, 0.717) is 0 Å². The van der Waals surface area contributed by atoms with E-state index in [4.69, 9.17) is 4.42 Å². The Hall–Kier alpha value is -0.920. The van der Waals surface area contributed by atoms with Gasteiger partial charge in [-0.25, -0.2) is 0 Å². The molecule has 0 saturated carbocycles. The number of unbranched alkanes of at least 4 members (excludes halogenated alkanes) is 2. The lowest BCUT2D eigenvalue weighted by Gasteiger charge is -1.96. The number of hydrogen-bond donors (Lipinski definition) is 0. The standard InChI is InChI=1S/C9H14NO/c1-2-3-4-7-10-9-6-5-8-11-9/h5-6,8H,2-4,7H2,1H3. The van der Waals surface area contributed by atoms with Gasteiger partial charge in [-0.2, -0.15) is 0 Å². The molecular formula is C9H14NO. The molecule has 0 spiro atoms. The van der Waals surface area contributed by atoms with Crippen LogP contribution in [0.5, 0.6) is 0 Å². The summed E-state index contributed by atoms with van der Waals surface area (Å²) in [6, 6.07) is 3.74. The van der Waals surface area contributed by atoms with Gasteiger partial charge in [0.1, 0.15) is 0 Å². The highest BCUT2D eigenvalue weighted by atomic mass is 16.3. The van der Waals surface area contributed by atoms with E-state index in [1.54, 1.807) is 6.26 Å². The van der Waals surface area contributed by atoms with Crippen molar-refractivity contribution in [1.82, 2.24) is 5.32 Å². The van der Waals surface area contributed by atoms with Gasteiger partial charge < -0.3 is 4.42 Å². The monoisotopic (exact) mass is 152 g/mol. The van der Waals surface area contributed by atoms with Crippen LogP contribution >= 0.6 is 0 Å². The number of furan rings is 1. The topological polar surface area (TPSA) is 27.2 Å². The second-order valence-electron chi connectivity index (χ2n) is 2.54. The minimum Gasteiger partial charge on any atom is -0.447 e. The fourth-order valence-corrected chi connectivity index (χ4v) is 0.911. The summed E-state index contributed by atoms with van der Waals surface area (Å²) in [5, 5.41) is 4.24. The van der Waals surface area contributed by atoms with Crippen molar-refractivity contribution in [3.8, 4) is 0 Å². The van der Waals surface area contributed by atoms with Crippen molar-refractivity contribution in [3.63, 3.8) is 0 Å². The smallest absolute Gasteiger partial charge is 0.213 e. The molecular weight excluding hydrogens is 138 g/mol. The molecule has 0 atom stereocenters. The van der Waals surface area contributed by atoms with E-state index < -0.39 is 0 Å². The third-order valence-corrected chi connectivity index (χ3v) is 1.54. The first-order chi connectivity index (χ1) is 5.43. The highest BCUT2D eigenvalue weighted by Gasteiger charge is 1.93. The van der Waals surface area contributed by atoms with Crippen LogP contribution in [0.25, 0.3) is 0 Å². The zero-order chi connectivity index (χ0) is 7.94. The fourth-order valence-electron chi connectivity index (χ4n) is 0.911. The summed E-state index contributed by atoms with van der Waals surface area (Å²) in [6.07, 6.45) is 5.31. The lowest BCUT2D eigenvalue weighted by molar-refractivity contribution is 0.529. The van der Waals surface area contributed by atoms with Crippen LogP contribution in [0, 0.1) is 0 Å². The van der Waals surface area contributed by atoms with Gasteiger partial charge in [-0.15, -0.1) is 0 Å². The molecule has 11 heavy (non-hydrogen) atoms. The molecule has 0 N–H and O–H groups in total. The number of nitrogens with zero attached hydrogens (tertiary/aromatic N) is 1. The van der Waals surface area contributed by atoms with Gasteiger partial charge in [0.05, 0.1) is 6.26 Å². The van der Waals surface area contributed by atoms with Crippen LogP contribution in [-0.4, -0.2) is 6.54 Å². The third-order valence-electron chi connectivity index (χ3n) is 1.54. The summed E-state index contributed by atoms with van der Waals surface area (Å²) < 4.78 is 5.05. The highest BCUT2D eigenvalue weighted by Crippen LogP contribution is 2.06. The Morgan fingerprint density at radius 2 is 2.36 bits per heavy atom.